The van der Waals surface area contributed by atoms with Crippen molar-refractivity contribution in [3.63, 3.8) is 0 Å². The van der Waals surface area contributed by atoms with Gasteiger partial charge in [0.15, 0.2) is 5.69 Å². The molecule has 4 aromatic rings. The van der Waals surface area contributed by atoms with E-state index in [0.717, 1.165) is 5.56 Å². The fraction of sp³-hybridized carbons (Fsp3) is 0.0435. The Morgan fingerprint density at radius 2 is 1.57 bits per heavy atom. The molecular formula is C23H17ClN4O2. The van der Waals surface area contributed by atoms with Crippen LogP contribution in [0.15, 0.2) is 88.8 Å². The molecule has 0 aliphatic carbocycles. The molecule has 1 heterocycles. The van der Waals surface area contributed by atoms with Crippen LogP contribution < -0.4 is 11.0 Å². The molecule has 0 aliphatic heterocycles. The van der Waals surface area contributed by atoms with E-state index in [9.17, 15) is 9.59 Å². The summed E-state index contributed by atoms with van der Waals surface area (Å²) in [6, 6.07) is 23.0. The zero-order valence-electron chi connectivity index (χ0n) is 16.0. The molecule has 6 nitrogen and oxygen atoms in total. The summed E-state index contributed by atoms with van der Waals surface area (Å²) in [5.74, 6) is -0.510. The molecule has 0 aliphatic rings. The average molecular weight is 417 g/mol. The third kappa shape index (κ3) is 3.86. The number of amides is 1. The zero-order valence-corrected chi connectivity index (χ0v) is 16.8. The second-order valence-electron chi connectivity index (χ2n) is 6.59. The smallest absolute Gasteiger partial charge is 0.267 e. The summed E-state index contributed by atoms with van der Waals surface area (Å²) in [5, 5.41) is 10.0. The molecule has 0 bridgehead atoms. The molecule has 30 heavy (non-hydrogen) atoms. The number of hydrogen-bond donors (Lipinski definition) is 1. The van der Waals surface area contributed by atoms with E-state index in [0.29, 0.717) is 27.2 Å². The highest BCUT2D eigenvalue weighted by Crippen LogP contribution is 2.15. The second-order valence-corrected chi connectivity index (χ2v) is 7.03. The van der Waals surface area contributed by atoms with Crippen LogP contribution in [0.3, 0.4) is 0 Å². The number of hydrazone groups is 1. The standard InChI is InChI=1S/C23H17ClN4O2/c1-15(16-11-13-17(24)14-12-16)25-26-22(29)21-19-9-5-6-10-20(19)23(30)28(27-21)18-7-3-2-4-8-18/h2-14H,1H3,(H,26,29)/b25-15-. The summed E-state index contributed by atoms with van der Waals surface area (Å²) in [7, 11) is 0. The second kappa shape index (κ2) is 8.31. The number of nitrogens with zero attached hydrogens (tertiary/aromatic N) is 3. The minimum Gasteiger partial charge on any atom is -0.267 e. The van der Waals surface area contributed by atoms with Gasteiger partial charge in [-0.05, 0) is 42.8 Å². The molecule has 3 aromatic carbocycles. The highest BCUT2D eigenvalue weighted by atomic mass is 35.5. The molecule has 0 fully saturated rings. The molecule has 0 spiro atoms. The summed E-state index contributed by atoms with van der Waals surface area (Å²) in [5.41, 5.74) is 4.37. The number of carbonyl (C=O) groups is 1. The molecule has 7 heteroatoms. The molecule has 4 rings (SSSR count). The Labute approximate surface area is 177 Å². The van der Waals surface area contributed by atoms with Crippen LogP contribution in [0.4, 0.5) is 0 Å². The zero-order chi connectivity index (χ0) is 21.1. The van der Waals surface area contributed by atoms with E-state index in [4.69, 9.17) is 11.6 Å². The van der Waals surface area contributed by atoms with Crippen molar-refractivity contribution in [1.82, 2.24) is 15.2 Å². The summed E-state index contributed by atoms with van der Waals surface area (Å²) >= 11 is 5.91. The highest BCUT2D eigenvalue weighted by Gasteiger charge is 2.17. The van der Waals surface area contributed by atoms with Crippen molar-refractivity contribution in [2.24, 2.45) is 5.10 Å². The van der Waals surface area contributed by atoms with E-state index >= 15 is 0 Å². The van der Waals surface area contributed by atoms with Gasteiger partial charge in [0.25, 0.3) is 11.5 Å². The van der Waals surface area contributed by atoms with Gasteiger partial charge in [0.2, 0.25) is 0 Å². The van der Waals surface area contributed by atoms with E-state index in [1.165, 1.54) is 4.68 Å². The van der Waals surface area contributed by atoms with Gasteiger partial charge in [-0.1, -0.05) is 60.1 Å². The SMILES string of the molecule is C/C(=N/NC(=O)c1nn(-c2ccccc2)c(=O)c2ccccc12)c1ccc(Cl)cc1. The van der Waals surface area contributed by atoms with Crippen LogP contribution in [0.5, 0.6) is 0 Å². The van der Waals surface area contributed by atoms with Crippen molar-refractivity contribution in [2.75, 3.05) is 0 Å². The highest BCUT2D eigenvalue weighted by molar-refractivity contribution is 6.30. The molecule has 0 saturated carbocycles. The van der Waals surface area contributed by atoms with Crippen LogP contribution in [0.2, 0.25) is 5.02 Å². The predicted octanol–water partition coefficient (Wildman–Crippen LogP) is 4.19. The molecule has 0 radical (unpaired) electrons. The van der Waals surface area contributed by atoms with Gasteiger partial charge in [0, 0.05) is 10.4 Å². The Balaban J connectivity index is 1.75. The third-order valence-electron chi connectivity index (χ3n) is 4.61. The Kier molecular flexibility index (Phi) is 5.41. The molecule has 0 atom stereocenters. The number of rotatable bonds is 4. The van der Waals surface area contributed by atoms with Crippen molar-refractivity contribution in [1.29, 1.82) is 0 Å². The van der Waals surface area contributed by atoms with Crippen molar-refractivity contribution in [3.8, 4) is 5.69 Å². The van der Waals surface area contributed by atoms with Gasteiger partial charge in [-0.2, -0.15) is 14.9 Å². The van der Waals surface area contributed by atoms with Crippen LogP contribution in [-0.4, -0.2) is 21.4 Å². The lowest BCUT2D eigenvalue weighted by Crippen LogP contribution is -2.28. The number of benzene rings is 3. The Bertz CT molecular complexity index is 1310. The van der Waals surface area contributed by atoms with Gasteiger partial charge in [0.1, 0.15) is 0 Å². The number of fused-ring (bicyclic) bond motifs is 1. The quantitative estimate of drug-likeness (QED) is 0.400. The maximum absolute atomic E-state index is 12.9. The first-order valence-corrected chi connectivity index (χ1v) is 9.60. The first kappa shape index (κ1) is 19.5. The lowest BCUT2D eigenvalue weighted by molar-refractivity contribution is 0.0950. The molecule has 148 valence electrons. The fourth-order valence-corrected chi connectivity index (χ4v) is 3.17. The summed E-state index contributed by atoms with van der Waals surface area (Å²) in [4.78, 5) is 25.8. The molecule has 0 saturated heterocycles. The minimum absolute atomic E-state index is 0.113. The third-order valence-corrected chi connectivity index (χ3v) is 4.86. The molecule has 1 amide bonds. The van der Waals surface area contributed by atoms with Crippen molar-refractivity contribution in [2.45, 2.75) is 6.92 Å². The van der Waals surface area contributed by atoms with Crippen LogP contribution >= 0.6 is 11.6 Å². The predicted molar refractivity (Wildman–Crippen MR) is 118 cm³/mol. The minimum atomic E-state index is -0.510. The van der Waals surface area contributed by atoms with Gasteiger partial charge in [-0.25, -0.2) is 5.43 Å². The van der Waals surface area contributed by atoms with Crippen molar-refractivity contribution in [3.05, 3.63) is 105 Å². The Hall–Kier alpha value is -3.77. The van der Waals surface area contributed by atoms with Crippen LogP contribution in [-0.2, 0) is 0 Å². The lowest BCUT2D eigenvalue weighted by Gasteiger charge is -2.10. The van der Waals surface area contributed by atoms with E-state index in [1.54, 1.807) is 67.6 Å². The maximum Gasteiger partial charge on any atom is 0.292 e. The number of aromatic nitrogens is 2. The molecular weight excluding hydrogens is 400 g/mol. The van der Waals surface area contributed by atoms with E-state index < -0.39 is 5.91 Å². The van der Waals surface area contributed by atoms with Crippen molar-refractivity contribution < 1.29 is 4.79 Å². The normalized spacial score (nSPS) is 11.5. The number of carbonyl (C=O) groups excluding carboxylic acids is 1. The summed E-state index contributed by atoms with van der Waals surface area (Å²) in [6.07, 6.45) is 0. The lowest BCUT2D eigenvalue weighted by atomic mass is 10.1. The maximum atomic E-state index is 12.9. The Morgan fingerprint density at radius 3 is 2.27 bits per heavy atom. The fourth-order valence-electron chi connectivity index (χ4n) is 3.04. The Morgan fingerprint density at radius 1 is 0.933 bits per heavy atom. The van der Waals surface area contributed by atoms with Gasteiger partial charge in [0.05, 0.1) is 16.8 Å². The summed E-state index contributed by atoms with van der Waals surface area (Å²) in [6.45, 7) is 1.78. The van der Waals surface area contributed by atoms with E-state index in [2.05, 4.69) is 15.6 Å². The first-order valence-electron chi connectivity index (χ1n) is 9.22. The number of para-hydroxylation sites is 1. The van der Waals surface area contributed by atoms with E-state index in [1.807, 2.05) is 18.2 Å². The van der Waals surface area contributed by atoms with Gasteiger partial charge in [-0.15, -0.1) is 0 Å². The van der Waals surface area contributed by atoms with E-state index in [-0.39, 0.29) is 11.3 Å². The van der Waals surface area contributed by atoms with Gasteiger partial charge in [-0.3, -0.25) is 9.59 Å². The molecule has 1 aromatic heterocycles. The topological polar surface area (TPSA) is 76.3 Å². The number of nitrogens with one attached hydrogen (secondary N) is 1. The average Bonchev–Trinajstić information content (AvgIpc) is 2.79. The van der Waals surface area contributed by atoms with Crippen LogP contribution in [0.25, 0.3) is 16.5 Å². The van der Waals surface area contributed by atoms with Gasteiger partial charge >= 0.3 is 0 Å². The van der Waals surface area contributed by atoms with Gasteiger partial charge < -0.3 is 0 Å². The van der Waals surface area contributed by atoms with Crippen LogP contribution in [0, 0.1) is 0 Å². The number of hydrogen-bond acceptors (Lipinski definition) is 4. The molecule has 0 unspecified atom stereocenters. The van der Waals surface area contributed by atoms with Crippen LogP contribution in [0.1, 0.15) is 23.0 Å². The monoisotopic (exact) mass is 416 g/mol. The first-order chi connectivity index (χ1) is 14.5. The van der Waals surface area contributed by atoms with Crippen molar-refractivity contribution >= 4 is 34.0 Å². The molecule has 1 N–H and O–H groups in total. The summed E-state index contributed by atoms with van der Waals surface area (Å²) < 4.78 is 1.23. The largest absolute Gasteiger partial charge is 0.292 e. The number of halogens is 1.